The van der Waals surface area contributed by atoms with Crippen molar-refractivity contribution >= 4 is 27.9 Å². The van der Waals surface area contributed by atoms with E-state index in [9.17, 15) is 5.26 Å². The Labute approximate surface area is 117 Å². The quantitative estimate of drug-likeness (QED) is 0.859. The van der Waals surface area contributed by atoms with E-state index < -0.39 is 0 Å². The van der Waals surface area contributed by atoms with E-state index >= 15 is 0 Å². The number of thiophene rings is 1. The van der Waals surface area contributed by atoms with Gasteiger partial charge in [-0.05, 0) is 33.7 Å². The van der Waals surface area contributed by atoms with Gasteiger partial charge in [0.25, 0.3) is 0 Å². The Morgan fingerprint density at radius 2 is 2.17 bits per heavy atom. The van der Waals surface area contributed by atoms with E-state index in [1.54, 1.807) is 0 Å². The molecule has 1 saturated heterocycles. The van der Waals surface area contributed by atoms with Gasteiger partial charge in [-0.1, -0.05) is 11.6 Å². The lowest BCUT2D eigenvalue weighted by atomic mass is 9.97. The molecule has 98 valence electrons. The van der Waals surface area contributed by atoms with Crippen molar-refractivity contribution in [3.8, 4) is 6.07 Å². The summed E-state index contributed by atoms with van der Waals surface area (Å²) in [5, 5.41) is 9.75. The van der Waals surface area contributed by atoms with Gasteiger partial charge in [0.2, 0.25) is 0 Å². The molecule has 0 saturated carbocycles. The van der Waals surface area contributed by atoms with Crippen LogP contribution in [-0.4, -0.2) is 23.5 Å². The van der Waals surface area contributed by atoms with E-state index in [2.05, 4.69) is 31.7 Å². The van der Waals surface area contributed by atoms with Crippen LogP contribution in [0, 0.1) is 11.3 Å². The summed E-state index contributed by atoms with van der Waals surface area (Å²) in [5.41, 5.74) is 7.56. The van der Waals surface area contributed by atoms with Gasteiger partial charge in [-0.15, -0.1) is 11.3 Å². The van der Waals surface area contributed by atoms with Crippen LogP contribution >= 0.6 is 22.9 Å². The molecule has 1 aliphatic heterocycles. The average Bonchev–Trinajstić information content (AvgIpc) is 2.81. The van der Waals surface area contributed by atoms with Crippen LogP contribution in [0.1, 0.15) is 44.2 Å². The smallest absolute Gasteiger partial charge is 0.106 e. The molecule has 0 spiro atoms. The first kappa shape index (κ1) is 13.7. The molecule has 0 aliphatic carbocycles. The maximum absolute atomic E-state index is 9.20. The summed E-state index contributed by atoms with van der Waals surface area (Å²) in [6.07, 6.45) is 1.04. The monoisotopic (exact) mass is 283 g/mol. The molecule has 3 nitrogen and oxygen atoms in total. The zero-order valence-corrected chi connectivity index (χ0v) is 12.5. The van der Waals surface area contributed by atoms with Gasteiger partial charge in [-0.2, -0.15) is 5.26 Å². The predicted octanol–water partition coefficient (Wildman–Crippen LogP) is 3.44. The maximum atomic E-state index is 9.20. The molecule has 5 heteroatoms. The average molecular weight is 284 g/mol. The molecule has 1 aliphatic rings. The van der Waals surface area contributed by atoms with Crippen molar-refractivity contribution in [3.05, 3.63) is 15.5 Å². The van der Waals surface area contributed by atoms with Crippen LogP contribution in [-0.2, 0) is 0 Å². The molecule has 2 N–H and O–H groups in total. The van der Waals surface area contributed by atoms with Crippen LogP contribution in [0.15, 0.2) is 0 Å². The maximum Gasteiger partial charge on any atom is 0.106 e. The van der Waals surface area contributed by atoms with Gasteiger partial charge >= 0.3 is 0 Å². The highest BCUT2D eigenvalue weighted by Gasteiger charge is 2.34. The molecule has 18 heavy (non-hydrogen) atoms. The van der Waals surface area contributed by atoms with E-state index in [4.69, 9.17) is 17.3 Å². The van der Waals surface area contributed by atoms with E-state index in [0.717, 1.165) is 25.1 Å². The molecule has 0 amide bonds. The SMILES string of the molecule is CC(C)(C)N1CCC(c2c(Cl)sc(N)c2C#N)C1. The van der Waals surface area contributed by atoms with Gasteiger partial charge in [0, 0.05) is 23.6 Å². The fourth-order valence-corrected chi connectivity index (χ4v) is 3.85. The molecule has 2 heterocycles. The minimum atomic E-state index is 0.162. The standard InChI is InChI=1S/C13H18ClN3S/c1-13(2,3)17-5-4-8(7-17)10-9(6-15)12(16)18-11(10)14/h8H,4-5,7,16H2,1-3H3. The largest absolute Gasteiger partial charge is 0.389 e. The summed E-state index contributed by atoms with van der Waals surface area (Å²) < 4.78 is 0.685. The Morgan fingerprint density at radius 1 is 1.50 bits per heavy atom. The van der Waals surface area contributed by atoms with Gasteiger partial charge in [0.05, 0.1) is 9.90 Å². The molecule has 0 aromatic carbocycles. The molecule has 1 fully saturated rings. The van der Waals surface area contributed by atoms with Crippen LogP contribution in [0.5, 0.6) is 0 Å². The number of nitrogen functional groups attached to an aromatic ring is 1. The molecule has 1 aromatic rings. The number of hydrogen-bond acceptors (Lipinski definition) is 4. The van der Waals surface area contributed by atoms with Crippen molar-refractivity contribution in [2.75, 3.05) is 18.8 Å². The number of nitrogens with two attached hydrogens (primary N) is 1. The predicted molar refractivity (Wildman–Crippen MR) is 77.1 cm³/mol. The highest BCUT2D eigenvalue weighted by Crippen LogP contribution is 2.43. The fraction of sp³-hybridized carbons (Fsp3) is 0.615. The van der Waals surface area contributed by atoms with Crippen molar-refractivity contribution < 1.29 is 0 Å². The van der Waals surface area contributed by atoms with Crippen molar-refractivity contribution in [2.45, 2.75) is 38.6 Å². The number of hydrogen-bond donors (Lipinski definition) is 1. The highest BCUT2D eigenvalue weighted by molar-refractivity contribution is 7.20. The molecule has 1 atom stereocenters. The molecule has 2 rings (SSSR count). The molecular weight excluding hydrogens is 266 g/mol. The third kappa shape index (κ3) is 2.35. The summed E-state index contributed by atoms with van der Waals surface area (Å²) in [5.74, 6) is 0.333. The molecule has 1 unspecified atom stereocenters. The van der Waals surface area contributed by atoms with Gasteiger partial charge in [-0.25, -0.2) is 0 Å². The fourth-order valence-electron chi connectivity index (χ4n) is 2.52. The second-order valence-electron chi connectivity index (χ2n) is 5.74. The zero-order valence-electron chi connectivity index (χ0n) is 11.0. The first-order valence-electron chi connectivity index (χ1n) is 6.07. The number of rotatable bonds is 1. The summed E-state index contributed by atoms with van der Waals surface area (Å²) in [4.78, 5) is 2.43. The van der Waals surface area contributed by atoms with Gasteiger partial charge in [-0.3, -0.25) is 4.90 Å². The summed E-state index contributed by atoms with van der Waals surface area (Å²) in [7, 11) is 0. The lowest BCUT2D eigenvalue weighted by molar-refractivity contribution is 0.173. The molecular formula is C13H18ClN3S. The van der Waals surface area contributed by atoms with Crippen LogP contribution < -0.4 is 5.73 Å². The Kier molecular flexibility index (Phi) is 3.59. The minimum Gasteiger partial charge on any atom is -0.389 e. The van der Waals surface area contributed by atoms with E-state index in [1.165, 1.54) is 11.3 Å². The van der Waals surface area contributed by atoms with Crippen molar-refractivity contribution in [3.63, 3.8) is 0 Å². The second kappa shape index (κ2) is 4.73. The number of nitrogens with zero attached hydrogens (tertiary/aromatic N) is 2. The number of likely N-dealkylation sites (tertiary alicyclic amines) is 1. The van der Waals surface area contributed by atoms with E-state index in [0.29, 0.717) is 20.8 Å². The molecule has 0 radical (unpaired) electrons. The van der Waals surface area contributed by atoms with Crippen molar-refractivity contribution in [2.24, 2.45) is 0 Å². The topological polar surface area (TPSA) is 53.0 Å². The van der Waals surface area contributed by atoms with E-state index in [1.807, 2.05) is 0 Å². The Bertz CT molecular complexity index is 496. The first-order valence-corrected chi connectivity index (χ1v) is 7.27. The van der Waals surface area contributed by atoms with Crippen LogP contribution in [0.25, 0.3) is 0 Å². The Hall–Kier alpha value is -0.760. The number of halogens is 1. The third-order valence-corrected chi connectivity index (χ3v) is 4.84. The van der Waals surface area contributed by atoms with Gasteiger partial charge in [0.15, 0.2) is 0 Å². The lowest BCUT2D eigenvalue weighted by Gasteiger charge is -2.31. The Balaban J connectivity index is 2.28. The minimum absolute atomic E-state index is 0.162. The van der Waals surface area contributed by atoms with Crippen LogP contribution in [0.4, 0.5) is 5.00 Å². The molecule has 1 aromatic heterocycles. The van der Waals surface area contributed by atoms with Crippen molar-refractivity contribution in [1.29, 1.82) is 5.26 Å². The van der Waals surface area contributed by atoms with E-state index in [-0.39, 0.29) is 5.54 Å². The Morgan fingerprint density at radius 3 is 2.67 bits per heavy atom. The molecule has 0 bridgehead atoms. The number of anilines is 1. The van der Waals surface area contributed by atoms with Crippen LogP contribution in [0.3, 0.4) is 0 Å². The second-order valence-corrected chi connectivity index (χ2v) is 7.40. The zero-order chi connectivity index (χ0) is 13.5. The lowest BCUT2D eigenvalue weighted by Crippen LogP contribution is -2.39. The van der Waals surface area contributed by atoms with Crippen molar-refractivity contribution in [1.82, 2.24) is 4.90 Å². The number of nitriles is 1. The first-order chi connectivity index (χ1) is 8.34. The van der Waals surface area contributed by atoms with Gasteiger partial charge < -0.3 is 5.73 Å². The summed E-state index contributed by atoms with van der Waals surface area (Å²) in [6.45, 7) is 8.64. The highest BCUT2D eigenvalue weighted by atomic mass is 35.5. The van der Waals surface area contributed by atoms with Gasteiger partial charge in [0.1, 0.15) is 11.1 Å². The normalized spacial score (nSPS) is 21.2. The third-order valence-electron chi connectivity index (χ3n) is 3.58. The summed E-state index contributed by atoms with van der Waals surface area (Å²) in [6, 6.07) is 2.20. The summed E-state index contributed by atoms with van der Waals surface area (Å²) >= 11 is 7.56. The van der Waals surface area contributed by atoms with Crippen LogP contribution in [0.2, 0.25) is 4.34 Å².